The lowest BCUT2D eigenvalue weighted by molar-refractivity contribution is -0.870. The predicted octanol–water partition coefficient (Wildman–Crippen LogP) is 22.0. The number of allylic oxidation sites excluding steroid dienone is 30. The Morgan fingerprint density at radius 2 is 0.607 bits per heavy atom. The highest BCUT2D eigenvalue weighted by atomic mass is 16.7. The molecule has 0 amide bonds. The van der Waals surface area contributed by atoms with Gasteiger partial charge in [-0.25, -0.2) is 4.79 Å². The van der Waals surface area contributed by atoms with Crippen LogP contribution in [0.2, 0.25) is 0 Å². The van der Waals surface area contributed by atoms with E-state index < -0.39 is 24.3 Å². The van der Waals surface area contributed by atoms with Crippen LogP contribution in [0.5, 0.6) is 0 Å². The van der Waals surface area contributed by atoms with E-state index in [0.717, 1.165) is 135 Å². The van der Waals surface area contributed by atoms with Gasteiger partial charge in [-0.2, -0.15) is 0 Å². The van der Waals surface area contributed by atoms with Crippen LogP contribution < -0.4 is 0 Å². The number of carboxylic acids is 1. The molecule has 0 aromatic heterocycles. The molecule has 9 heteroatoms. The Bertz CT molecular complexity index is 2120. The number of carbonyl (C=O) groups excluding carboxylic acids is 2. The van der Waals surface area contributed by atoms with Gasteiger partial charge in [-0.3, -0.25) is 9.59 Å². The Labute approximate surface area is 545 Å². The smallest absolute Gasteiger partial charge is 0.361 e. The first-order valence-electron chi connectivity index (χ1n) is 34.9. The summed E-state index contributed by atoms with van der Waals surface area (Å²) < 4.78 is 22.9. The summed E-state index contributed by atoms with van der Waals surface area (Å²) in [6.45, 7) is 4.59. The number of aliphatic carboxylic acids is 1. The van der Waals surface area contributed by atoms with Crippen molar-refractivity contribution in [1.29, 1.82) is 0 Å². The standard InChI is InChI=1S/C80H127NO8/c1-6-8-10-12-14-16-18-20-22-24-26-28-30-32-33-34-35-36-37-38-39-40-41-42-43-44-45-47-49-51-53-55-57-59-61-63-65-67-69-71-78(83)89-76(75-88-80(79(84)85)86-73-72-81(3,4)5)74-87-77(82)70-68-66-64-62-60-58-56-54-52-50-48-46-31-29-27-25-23-21-19-17-15-13-11-9-7-2/h8-11,14-17,20-23,26-29,32-33,35-36,38-39,41-42,46,48,52,54,58,60,76,80H,6-7,12-13,18-19,24-25,30-31,34,37,40,43-45,47,49-51,53,55-57,59,61-75H2,1-5H3/p+1/b10-8-,11-9-,16-14-,17-15-,22-20-,23-21-,28-26-,29-27-,33-32-,36-35-,39-38-,42-41-,48-46-,54-52-,60-58-. The van der Waals surface area contributed by atoms with Gasteiger partial charge in [0.25, 0.3) is 6.29 Å². The van der Waals surface area contributed by atoms with Crippen molar-refractivity contribution in [2.75, 3.05) is 47.5 Å². The van der Waals surface area contributed by atoms with Gasteiger partial charge in [0.2, 0.25) is 0 Å². The molecule has 0 aromatic rings. The molecule has 2 atom stereocenters. The second kappa shape index (κ2) is 68.3. The monoisotopic (exact) mass is 1230 g/mol. The van der Waals surface area contributed by atoms with Crippen molar-refractivity contribution in [1.82, 2.24) is 0 Å². The van der Waals surface area contributed by atoms with Crippen LogP contribution in [0.1, 0.15) is 245 Å². The van der Waals surface area contributed by atoms with Crippen molar-refractivity contribution >= 4 is 17.9 Å². The van der Waals surface area contributed by atoms with Crippen LogP contribution in [0.3, 0.4) is 0 Å². The fourth-order valence-electron chi connectivity index (χ4n) is 8.89. The minimum absolute atomic E-state index is 0.173. The van der Waals surface area contributed by atoms with E-state index in [0.29, 0.717) is 23.9 Å². The van der Waals surface area contributed by atoms with Crippen molar-refractivity contribution < 1.29 is 42.9 Å². The van der Waals surface area contributed by atoms with Crippen LogP contribution in [0.4, 0.5) is 0 Å². The van der Waals surface area contributed by atoms with Gasteiger partial charge in [-0.05, 0) is 135 Å². The third-order valence-corrected chi connectivity index (χ3v) is 14.2. The van der Waals surface area contributed by atoms with Crippen LogP contribution in [-0.2, 0) is 33.3 Å². The molecule has 0 saturated carbocycles. The van der Waals surface area contributed by atoms with Gasteiger partial charge in [0.05, 0.1) is 34.4 Å². The predicted molar refractivity (Wildman–Crippen MR) is 382 cm³/mol. The molecule has 0 aliphatic rings. The highest BCUT2D eigenvalue weighted by Gasteiger charge is 2.25. The Balaban J connectivity index is 4.20. The number of esters is 2. The third kappa shape index (κ3) is 69.7. The number of likely N-dealkylation sites (N-methyl/N-ethyl adjacent to an activating group) is 1. The molecule has 9 nitrogen and oxygen atoms in total. The van der Waals surface area contributed by atoms with Crippen molar-refractivity contribution in [3.05, 3.63) is 182 Å². The molecule has 0 aromatic carbocycles. The zero-order chi connectivity index (χ0) is 64.7. The van der Waals surface area contributed by atoms with E-state index in [1.807, 2.05) is 21.1 Å². The average molecular weight is 1230 g/mol. The molecule has 0 aliphatic carbocycles. The molecule has 0 aliphatic heterocycles. The topological polar surface area (TPSA) is 108 Å². The molecule has 1 N–H and O–H groups in total. The number of unbranched alkanes of at least 4 members (excludes halogenated alkanes) is 17. The maximum absolute atomic E-state index is 12.9. The van der Waals surface area contributed by atoms with Crippen LogP contribution in [-0.4, -0.2) is 87.4 Å². The van der Waals surface area contributed by atoms with Crippen molar-refractivity contribution in [3.8, 4) is 0 Å². The Kier molecular flexibility index (Phi) is 64.0. The lowest BCUT2D eigenvalue weighted by Gasteiger charge is -2.25. The van der Waals surface area contributed by atoms with Gasteiger partial charge >= 0.3 is 17.9 Å². The number of carbonyl (C=O) groups is 3. The fourth-order valence-corrected chi connectivity index (χ4v) is 8.89. The van der Waals surface area contributed by atoms with E-state index in [9.17, 15) is 19.5 Å². The maximum Gasteiger partial charge on any atom is 0.361 e. The zero-order valence-electron chi connectivity index (χ0n) is 57.0. The first kappa shape index (κ1) is 83.4. The van der Waals surface area contributed by atoms with Gasteiger partial charge in [-0.1, -0.05) is 280 Å². The Morgan fingerprint density at radius 3 is 0.910 bits per heavy atom. The summed E-state index contributed by atoms with van der Waals surface area (Å²) in [6, 6.07) is 0. The van der Waals surface area contributed by atoms with Crippen LogP contribution in [0.15, 0.2) is 182 Å². The third-order valence-electron chi connectivity index (χ3n) is 14.2. The van der Waals surface area contributed by atoms with E-state index in [1.54, 1.807) is 0 Å². The number of ether oxygens (including phenoxy) is 4. The van der Waals surface area contributed by atoms with Crippen LogP contribution >= 0.6 is 0 Å². The van der Waals surface area contributed by atoms with Gasteiger partial charge in [-0.15, -0.1) is 0 Å². The van der Waals surface area contributed by atoms with Gasteiger partial charge in [0.1, 0.15) is 13.2 Å². The molecular formula is C80H128NO8+. The molecule has 2 unspecified atom stereocenters. The highest BCUT2D eigenvalue weighted by Crippen LogP contribution is 2.16. The molecule has 500 valence electrons. The SMILES string of the molecule is CC/C=C\C/C=C\C/C=C\C/C=C\C/C=C\C/C=C\C/C=C\C/C=C\CCCCCCCCCCCCCCCCC(=O)OC(COC(=O)CCCCC/C=C\C/C=C\C/C=C\C/C=C\C/C=C\C/C=C\C/C=C\CC)COC(OCC[N+](C)(C)C)C(=O)O. The number of carboxylic acid groups (broad SMARTS) is 1. The summed E-state index contributed by atoms with van der Waals surface area (Å²) in [7, 11) is 5.95. The van der Waals surface area contributed by atoms with E-state index in [-0.39, 0.29) is 38.6 Å². The summed E-state index contributed by atoms with van der Waals surface area (Å²) in [5, 5.41) is 9.74. The number of nitrogens with zero attached hydrogens (tertiary/aromatic N) is 1. The van der Waals surface area contributed by atoms with Gasteiger partial charge in [0.15, 0.2) is 6.10 Å². The molecule has 0 bridgehead atoms. The van der Waals surface area contributed by atoms with Crippen molar-refractivity contribution in [3.63, 3.8) is 0 Å². The minimum Gasteiger partial charge on any atom is -0.477 e. The summed E-state index contributed by atoms with van der Waals surface area (Å²) in [5.41, 5.74) is 0. The summed E-state index contributed by atoms with van der Waals surface area (Å²) in [5.74, 6) is -2.07. The van der Waals surface area contributed by atoms with Gasteiger partial charge < -0.3 is 28.5 Å². The minimum atomic E-state index is -1.53. The quantitative estimate of drug-likeness (QED) is 0.0211. The average Bonchev–Trinajstić information content (AvgIpc) is 3.64. The Hall–Kier alpha value is -5.61. The lowest BCUT2D eigenvalue weighted by Crippen LogP contribution is -2.40. The van der Waals surface area contributed by atoms with Crippen molar-refractivity contribution in [2.45, 2.75) is 257 Å². The number of hydrogen-bond donors (Lipinski definition) is 1. The molecule has 0 spiro atoms. The lowest BCUT2D eigenvalue weighted by atomic mass is 10.0. The fraction of sp³-hybridized carbons (Fsp3) is 0.588. The van der Waals surface area contributed by atoms with E-state index >= 15 is 0 Å². The zero-order valence-corrected chi connectivity index (χ0v) is 57.0. The number of hydrogen-bond acceptors (Lipinski definition) is 7. The molecule has 0 heterocycles. The molecule has 0 rings (SSSR count). The van der Waals surface area contributed by atoms with Crippen LogP contribution in [0.25, 0.3) is 0 Å². The van der Waals surface area contributed by atoms with E-state index in [4.69, 9.17) is 18.9 Å². The molecule has 0 radical (unpaired) electrons. The first-order chi connectivity index (χ1) is 43.6. The molecule has 89 heavy (non-hydrogen) atoms. The van der Waals surface area contributed by atoms with Gasteiger partial charge in [0, 0.05) is 12.8 Å². The van der Waals surface area contributed by atoms with Crippen molar-refractivity contribution in [2.24, 2.45) is 0 Å². The maximum atomic E-state index is 12.9. The van der Waals surface area contributed by atoms with E-state index in [1.165, 1.54) is 70.6 Å². The number of quaternary nitrogens is 1. The summed E-state index contributed by atoms with van der Waals surface area (Å²) in [6.07, 6.45) is 101. The summed E-state index contributed by atoms with van der Waals surface area (Å²) in [4.78, 5) is 37.6. The molecule has 0 saturated heterocycles. The highest BCUT2D eigenvalue weighted by molar-refractivity contribution is 5.71. The first-order valence-corrected chi connectivity index (χ1v) is 34.9. The largest absolute Gasteiger partial charge is 0.477 e. The number of rotatable bonds is 62. The summed E-state index contributed by atoms with van der Waals surface area (Å²) >= 11 is 0. The molecule has 0 fully saturated rings. The van der Waals surface area contributed by atoms with Crippen LogP contribution in [0, 0.1) is 0 Å². The second-order valence-corrected chi connectivity index (χ2v) is 23.7. The van der Waals surface area contributed by atoms with E-state index in [2.05, 4.69) is 196 Å². The normalized spacial score (nSPS) is 13.9. The second-order valence-electron chi connectivity index (χ2n) is 23.7. The Morgan fingerprint density at radius 1 is 0.337 bits per heavy atom. The molecular weight excluding hydrogens is 1100 g/mol.